The van der Waals surface area contributed by atoms with Gasteiger partial charge in [0.25, 0.3) is 10.1 Å². The number of methoxy groups -OCH3 is 1. The van der Waals surface area contributed by atoms with Gasteiger partial charge < -0.3 is 37.8 Å². The summed E-state index contributed by atoms with van der Waals surface area (Å²) in [5.41, 5.74) is 4.50. The van der Waals surface area contributed by atoms with Gasteiger partial charge in [0, 0.05) is 23.7 Å². The van der Waals surface area contributed by atoms with E-state index in [9.17, 15) is 22.7 Å². The molecule has 0 aliphatic rings. The van der Waals surface area contributed by atoms with Crippen LogP contribution in [0.15, 0.2) is 127 Å². The number of nitrogens with zero attached hydrogens (tertiary/aromatic N) is 5. The Kier molecular flexibility index (Phi) is 19.0. The second-order valence-corrected chi connectivity index (χ2v) is 28.2. The van der Waals surface area contributed by atoms with Crippen molar-refractivity contribution in [1.29, 1.82) is 0 Å². The average molecular weight is 1210 g/mol. The zero-order valence-corrected chi connectivity index (χ0v) is 50.6. The van der Waals surface area contributed by atoms with E-state index in [-0.39, 0.29) is 79.6 Å². The van der Waals surface area contributed by atoms with E-state index in [0.29, 0.717) is 62.3 Å². The molecule has 0 saturated heterocycles. The normalized spacial score (nSPS) is 12.7. The van der Waals surface area contributed by atoms with Crippen LogP contribution >= 0.6 is 34.8 Å². The van der Waals surface area contributed by atoms with Crippen molar-refractivity contribution in [3.63, 3.8) is 0 Å². The maximum Gasteiger partial charge on any atom is 0.345 e. The van der Waals surface area contributed by atoms with Gasteiger partial charge in [0.2, 0.25) is 20.3 Å². The van der Waals surface area contributed by atoms with Crippen molar-refractivity contribution in [2.75, 3.05) is 26.9 Å². The van der Waals surface area contributed by atoms with Gasteiger partial charge in [-0.15, -0.1) is 6.58 Å². The molecule has 2 unspecified atom stereocenters. The third kappa shape index (κ3) is 13.5. The van der Waals surface area contributed by atoms with E-state index < -0.39 is 49.0 Å². The number of benzene rings is 5. The number of hydrogen-bond acceptors (Lipinski definition) is 14. The highest BCUT2D eigenvalue weighted by molar-refractivity contribution is 7.86. The highest BCUT2D eigenvalue weighted by Gasteiger charge is 2.39. The summed E-state index contributed by atoms with van der Waals surface area (Å²) in [5.74, 6) is -0.236. The molecule has 3 aromatic heterocycles. The summed E-state index contributed by atoms with van der Waals surface area (Å²) in [7, 11) is -5.10. The molecule has 3 heterocycles. The van der Waals surface area contributed by atoms with Gasteiger partial charge in [0.05, 0.1) is 62.9 Å². The molecule has 5 aromatic carbocycles. The zero-order valence-electron chi connectivity index (χ0n) is 46.6. The van der Waals surface area contributed by atoms with Crippen LogP contribution < -0.4 is 23.4 Å². The average Bonchev–Trinajstić information content (AvgIpc) is 2.20. The first-order chi connectivity index (χ1) is 38.9. The Hall–Kier alpha value is -7.10. The summed E-state index contributed by atoms with van der Waals surface area (Å²) in [6.45, 7) is 18.9. The Morgan fingerprint density at radius 3 is 2.22 bits per heavy atom. The van der Waals surface area contributed by atoms with Crippen molar-refractivity contribution in [3.05, 3.63) is 171 Å². The number of rotatable bonds is 24. The van der Waals surface area contributed by atoms with Crippen LogP contribution in [0.3, 0.4) is 0 Å². The standard InChI is InChI=1S/C60H61Cl3FN5O11SSi/c1-11-28-75-32-43(33-77-81(72,73)44-23-16-35(2)17-24-44)78-56-49(61)36(3)53(37(4)50(56)62)69-54(38-18-20-40(64)21-19-38)51(63)52-55(69)58(67-34-66-52)79-48(59(70)71)30-39-29-42(80-82(9,10)60(5,6)7)22-25-46(39)76-31-41-26-27-65-57(68-41)45-14-12-13-15-47(45)74-8/h11-27,29,34,43,48H,1,28,30-33H2,2-10H3,(H,70,71). The van der Waals surface area contributed by atoms with Crippen LogP contribution in [-0.4, -0.2) is 91.5 Å². The fourth-order valence-electron chi connectivity index (χ4n) is 8.56. The number of fused-ring (bicyclic) bond motifs is 1. The van der Waals surface area contributed by atoms with E-state index in [2.05, 4.69) is 55.4 Å². The Bertz CT molecular complexity index is 3740. The number of ether oxygens (including phenoxy) is 5. The van der Waals surface area contributed by atoms with Gasteiger partial charge >= 0.3 is 5.97 Å². The van der Waals surface area contributed by atoms with Crippen LogP contribution in [0.2, 0.25) is 33.2 Å². The van der Waals surface area contributed by atoms with E-state index in [1.807, 2.05) is 31.2 Å². The number of para-hydroxylation sites is 1. The first-order valence-electron chi connectivity index (χ1n) is 25.8. The Morgan fingerprint density at radius 2 is 1.56 bits per heavy atom. The van der Waals surface area contributed by atoms with Crippen molar-refractivity contribution >= 4 is 70.2 Å². The second kappa shape index (κ2) is 25.6. The topological polar surface area (TPSA) is 193 Å². The molecule has 8 rings (SSSR count). The lowest BCUT2D eigenvalue weighted by molar-refractivity contribution is -0.145. The van der Waals surface area contributed by atoms with Crippen LogP contribution in [0, 0.1) is 26.6 Å². The van der Waals surface area contributed by atoms with Crippen molar-refractivity contribution in [3.8, 4) is 57.2 Å². The molecule has 0 spiro atoms. The number of carboxylic acid groups (broad SMARTS) is 1. The summed E-state index contributed by atoms with van der Waals surface area (Å²) in [4.78, 5) is 31.9. The minimum atomic E-state index is -4.24. The van der Waals surface area contributed by atoms with Crippen molar-refractivity contribution in [2.24, 2.45) is 0 Å². The van der Waals surface area contributed by atoms with Gasteiger partial charge in [0.1, 0.15) is 59.7 Å². The summed E-state index contributed by atoms with van der Waals surface area (Å²) >= 11 is 21.9. The lowest BCUT2D eigenvalue weighted by Gasteiger charge is -2.36. The van der Waals surface area contributed by atoms with E-state index in [4.69, 9.17) is 72.1 Å². The molecule has 8 aromatic rings. The number of aromatic nitrogens is 5. The lowest BCUT2D eigenvalue weighted by atomic mass is 10.1. The number of hydrogen-bond donors (Lipinski definition) is 1. The molecule has 0 saturated carbocycles. The Balaban J connectivity index is 1.21. The first kappa shape index (κ1) is 61.0. The first-order valence-corrected chi connectivity index (χ1v) is 31.3. The molecule has 430 valence electrons. The van der Waals surface area contributed by atoms with Crippen LogP contribution in [0.5, 0.6) is 28.9 Å². The minimum Gasteiger partial charge on any atom is -0.543 e. The van der Waals surface area contributed by atoms with Crippen LogP contribution in [0.1, 0.15) is 48.7 Å². The molecular weight excluding hydrogens is 1150 g/mol. The fraction of sp³-hybridized carbons (Fsp3) is 0.283. The highest BCUT2D eigenvalue weighted by Crippen LogP contribution is 2.49. The van der Waals surface area contributed by atoms with Gasteiger partial charge in [-0.2, -0.15) is 13.4 Å². The number of aryl methyl sites for hydroxylation is 1. The van der Waals surface area contributed by atoms with Gasteiger partial charge in [0.15, 0.2) is 11.6 Å². The molecule has 0 fully saturated rings. The largest absolute Gasteiger partial charge is 0.543 e. The molecular formula is C60H61Cl3FN5O11SSi. The summed E-state index contributed by atoms with van der Waals surface area (Å²) in [6.07, 6.45) is 1.35. The quantitative estimate of drug-likeness (QED) is 0.0260. The molecule has 1 N–H and O–H groups in total. The fourth-order valence-corrected chi connectivity index (χ4v) is 11.4. The van der Waals surface area contributed by atoms with Crippen LogP contribution in [0.25, 0.3) is 39.4 Å². The molecule has 0 bridgehead atoms. The van der Waals surface area contributed by atoms with Crippen molar-refractivity contribution in [2.45, 2.75) is 89.8 Å². The van der Waals surface area contributed by atoms with Crippen LogP contribution in [-0.2, 0) is 36.9 Å². The third-order valence-corrected chi connectivity index (χ3v) is 20.8. The molecule has 0 aliphatic heterocycles. The molecule has 22 heteroatoms. The van der Waals surface area contributed by atoms with Gasteiger partial charge in [-0.05, 0) is 123 Å². The number of carbonyl (C=O) groups is 1. The SMILES string of the molecule is C=CCOCC(COS(=O)(=O)c1ccc(C)cc1)Oc1c(Cl)c(C)c(-n2c(-c3ccc(F)cc3)c(Cl)c3ncnc(OC(Cc4cc(O[Si](C)(C)C(C)(C)C)ccc4OCc4ccnc(-c5ccccc5OC)n4)C(=O)O)c32)c(C)c1Cl. The second-order valence-electron chi connectivity index (χ2n) is 20.7. The van der Waals surface area contributed by atoms with Gasteiger partial charge in [-0.1, -0.05) is 91.5 Å². The van der Waals surface area contributed by atoms with E-state index in [1.54, 1.807) is 68.1 Å². The maximum absolute atomic E-state index is 14.7. The van der Waals surface area contributed by atoms with E-state index >= 15 is 0 Å². The zero-order chi connectivity index (χ0) is 59.3. The molecule has 82 heavy (non-hydrogen) atoms. The molecule has 2 atom stereocenters. The predicted octanol–water partition coefficient (Wildman–Crippen LogP) is 14.0. The Morgan fingerprint density at radius 1 is 0.866 bits per heavy atom. The third-order valence-electron chi connectivity index (χ3n) is 13.9. The van der Waals surface area contributed by atoms with Gasteiger partial charge in [-0.25, -0.2) is 24.1 Å². The summed E-state index contributed by atoms with van der Waals surface area (Å²) in [6, 6.07) is 26.1. The van der Waals surface area contributed by atoms with Crippen LogP contribution in [0.4, 0.5) is 4.39 Å². The van der Waals surface area contributed by atoms with Crippen molar-refractivity contribution in [1.82, 2.24) is 24.5 Å². The van der Waals surface area contributed by atoms with E-state index in [0.717, 1.165) is 5.56 Å². The highest BCUT2D eigenvalue weighted by atomic mass is 35.5. The van der Waals surface area contributed by atoms with E-state index in [1.165, 1.54) is 48.8 Å². The Labute approximate surface area is 492 Å². The van der Waals surface area contributed by atoms with Crippen molar-refractivity contribution < 1.29 is 55.0 Å². The maximum atomic E-state index is 14.7. The number of halogens is 4. The molecule has 0 amide bonds. The lowest BCUT2D eigenvalue weighted by Crippen LogP contribution is -2.43. The summed E-state index contributed by atoms with van der Waals surface area (Å²) < 4.78 is 85.9. The minimum absolute atomic E-state index is 0.00298. The van der Waals surface area contributed by atoms with Gasteiger partial charge in [-0.3, -0.25) is 4.18 Å². The predicted molar refractivity (Wildman–Crippen MR) is 317 cm³/mol. The number of carboxylic acids is 1. The molecule has 0 aliphatic carbocycles. The molecule has 0 radical (unpaired) electrons. The smallest absolute Gasteiger partial charge is 0.345 e. The number of aliphatic carboxylic acids is 1. The monoisotopic (exact) mass is 1210 g/mol. The summed E-state index contributed by atoms with van der Waals surface area (Å²) in [5, 5.41) is 11.0. The molecule has 16 nitrogen and oxygen atoms in total.